The molecule has 0 saturated heterocycles. The van der Waals surface area contributed by atoms with Crippen molar-refractivity contribution in [3.05, 3.63) is 0 Å². The van der Waals surface area contributed by atoms with Crippen molar-refractivity contribution in [2.24, 2.45) is 17.6 Å². The largest absolute Gasteiger partial charge is 0.335 e. The number of rotatable bonds is 5. The van der Waals surface area contributed by atoms with Crippen LogP contribution in [0.5, 0.6) is 0 Å². The van der Waals surface area contributed by atoms with Crippen molar-refractivity contribution >= 4 is 7.80 Å². The SMILES string of the molecule is CC(C)CC(CN)C[P+](C)=O. The van der Waals surface area contributed by atoms with Crippen LogP contribution in [0.15, 0.2) is 0 Å². The van der Waals surface area contributed by atoms with Crippen LogP contribution in [-0.2, 0) is 4.57 Å². The minimum Gasteiger partial charge on any atom is -0.330 e. The molecule has 0 heterocycles. The van der Waals surface area contributed by atoms with Crippen LogP contribution in [-0.4, -0.2) is 19.4 Å². The van der Waals surface area contributed by atoms with E-state index in [-0.39, 0.29) is 0 Å². The van der Waals surface area contributed by atoms with Gasteiger partial charge in [-0.2, -0.15) is 0 Å². The van der Waals surface area contributed by atoms with Gasteiger partial charge in [-0.05, 0) is 18.9 Å². The Morgan fingerprint density at radius 2 is 2.00 bits per heavy atom. The van der Waals surface area contributed by atoms with Gasteiger partial charge in [-0.3, -0.25) is 0 Å². The molecule has 0 bridgehead atoms. The molecule has 0 aliphatic heterocycles. The van der Waals surface area contributed by atoms with E-state index in [1.165, 1.54) is 0 Å². The lowest BCUT2D eigenvalue weighted by Crippen LogP contribution is -2.18. The monoisotopic (exact) mass is 176 g/mol. The van der Waals surface area contributed by atoms with Crippen LogP contribution in [0.25, 0.3) is 0 Å². The quantitative estimate of drug-likeness (QED) is 0.651. The molecule has 0 radical (unpaired) electrons. The van der Waals surface area contributed by atoms with Crippen molar-refractivity contribution in [1.29, 1.82) is 0 Å². The molecular formula is C8H19NOP+. The summed E-state index contributed by atoms with van der Waals surface area (Å²) in [6.45, 7) is 6.79. The Balaban J connectivity index is 3.66. The first-order valence-electron chi connectivity index (χ1n) is 4.14. The van der Waals surface area contributed by atoms with E-state index in [4.69, 9.17) is 5.73 Å². The summed E-state index contributed by atoms with van der Waals surface area (Å²) in [6, 6.07) is 0. The Bertz CT molecular complexity index is 125. The van der Waals surface area contributed by atoms with Crippen LogP contribution in [0.1, 0.15) is 20.3 Å². The standard InChI is InChI=1S/C8H19NOP/c1-7(2)4-8(5-9)6-11(3)10/h7-8H,4-6,9H2,1-3H3/q+1. The van der Waals surface area contributed by atoms with Crippen LogP contribution in [0.2, 0.25) is 0 Å². The molecule has 0 aliphatic rings. The molecule has 0 aliphatic carbocycles. The lowest BCUT2D eigenvalue weighted by Gasteiger charge is -2.10. The van der Waals surface area contributed by atoms with Gasteiger partial charge in [0, 0.05) is 5.92 Å². The molecule has 0 aromatic rings. The molecule has 2 N–H and O–H groups in total. The van der Waals surface area contributed by atoms with E-state index >= 15 is 0 Å². The van der Waals surface area contributed by atoms with Gasteiger partial charge in [0.15, 0.2) is 0 Å². The summed E-state index contributed by atoms with van der Waals surface area (Å²) in [5.74, 6) is 1.13. The minimum absolute atomic E-state index is 0.462. The highest BCUT2D eigenvalue weighted by atomic mass is 31.1. The van der Waals surface area contributed by atoms with Crippen LogP contribution >= 0.6 is 7.80 Å². The van der Waals surface area contributed by atoms with Crippen molar-refractivity contribution in [2.45, 2.75) is 20.3 Å². The molecule has 2 unspecified atom stereocenters. The zero-order valence-corrected chi connectivity index (χ0v) is 8.60. The lowest BCUT2D eigenvalue weighted by molar-refractivity contribution is 0.447. The Hall–Kier alpha value is 0.0600. The second-order valence-corrected chi connectivity index (χ2v) is 5.16. The van der Waals surface area contributed by atoms with Crippen LogP contribution in [0.4, 0.5) is 0 Å². The maximum Gasteiger partial charge on any atom is 0.335 e. The van der Waals surface area contributed by atoms with Crippen LogP contribution in [0.3, 0.4) is 0 Å². The molecule has 11 heavy (non-hydrogen) atoms. The number of hydrogen-bond acceptors (Lipinski definition) is 2. The van der Waals surface area contributed by atoms with Crippen molar-refractivity contribution in [1.82, 2.24) is 0 Å². The fourth-order valence-corrected chi connectivity index (χ4v) is 2.30. The van der Waals surface area contributed by atoms with E-state index in [1.807, 2.05) is 0 Å². The second-order valence-electron chi connectivity index (χ2n) is 3.54. The number of hydrogen-bond donors (Lipinski definition) is 1. The molecule has 0 aromatic carbocycles. The molecule has 3 heteroatoms. The first-order chi connectivity index (χ1) is 5.06. The van der Waals surface area contributed by atoms with Crippen LogP contribution in [0, 0.1) is 11.8 Å². The Morgan fingerprint density at radius 3 is 2.27 bits per heavy atom. The zero-order valence-electron chi connectivity index (χ0n) is 7.71. The molecule has 0 fully saturated rings. The molecule has 2 atom stereocenters. The molecular weight excluding hydrogens is 157 g/mol. The molecule has 0 spiro atoms. The highest BCUT2D eigenvalue weighted by molar-refractivity contribution is 7.43. The van der Waals surface area contributed by atoms with Gasteiger partial charge in [-0.1, -0.05) is 18.4 Å². The average molecular weight is 176 g/mol. The van der Waals surface area contributed by atoms with Crippen molar-refractivity contribution in [3.63, 3.8) is 0 Å². The molecule has 2 nitrogen and oxygen atoms in total. The average Bonchev–Trinajstić information content (AvgIpc) is 1.84. The van der Waals surface area contributed by atoms with Gasteiger partial charge in [-0.25, -0.2) is 0 Å². The summed E-state index contributed by atoms with van der Waals surface area (Å²) in [5.41, 5.74) is 5.54. The van der Waals surface area contributed by atoms with Crippen molar-refractivity contribution < 1.29 is 4.57 Å². The van der Waals surface area contributed by atoms with E-state index in [1.54, 1.807) is 6.66 Å². The predicted molar refractivity (Wildman–Crippen MR) is 50.4 cm³/mol. The minimum atomic E-state index is -1.01. The Labute approximate surface area is 70.3 Å². The normalized spacial score (nSPS) is 15.2. The fraction of sp³-hybridized carbons (Fsp3) is 1.00. The maximum absolute atomic E-state index is 10.9. The van der Waals surface area contributed by atoms with E-state index in [0.29, 0.717) is 18.4 Å². The molecule has 0 amide bonds. The van der Waals surface area contributed by atoms with Gasteiger partial charge in [0.1, 0.15) is 12.8 Å². The summed E-state index contributed by atoms with van der Waals surface area (Å²) in [7, 11) is -1.01. The second kappa shape index (κ2) is 5.68. The van der Waals surface area contributed by atoms with Crippen molar-refractivity contribution in [3.8, 4) is 0 Å². The summed E-state index contributed by atoms with van der Waals surface area (Å²) in [6.07, 6.45) is 1.90. The van der Waals surface area contributed by atoms with Gasteiger partial charge < -0.3 is 5.73 Å². The first kappa shape index (κ1) is 11.1. The third kappa shape index (κ3) is 6.46. The van der Waals surface area contributed by atoms with E-state index in [2.05, 4.69) is 13.8 Å². The topological polar surface area (TPSA) is 43.1 Å². The third-order valence-electron chi connectivity index (χ3n) is 1.65. The predicted octanol–water partition coefficient (Wildman–Crippen LogP) is 2.06. The zero-order chi connectivity index (χ0) is 8.85. The van der Waals surface area contributed by atoms with Gasteiger partial charge >= 0.3 is 7.80 Å². The molecule has 66 valence electrons. The molecule has 0 rings (SSSR count). The summed E-state index contributed by atoms with van der Waals surface area (Å²) < 4.78 is 10.9. The summed E-state index contributed by atoms with van der Waals surface area (Å²) in [4.78, 5) is 0. The van der Waals surface area contributed by atoms with Crippen molar-refractivity contribution in [2.75, 3.05) is 19.4 Å². The molecule has 0 aromatic heterocycles. The lowest BCUT2D eigenvalue weighted by atomic mass is 9.99. The van der Waals surface area contributed by atoms with Gasteiger partial charge in [0.05, 0.1) is 0 Å². The van der Waals surface area contributed by atoms with Gasteiger partial charge in [0.2, 0.25) is 0 Å². The highest BCUT2D eigenvalue weighted by Crippen LogP contribution is 2.22. The van der Waals surface area contributed by atoms with Gasteiger partial charge in [-0.15, -0.1) is 0 Å². The maximum atomic E-state index is 10.9. The van der Waals surface area contributed by atoms with Crippen LogP contribution < -0.4 is 5.73 Å². The Kier molecular flexibility index (Phi) is 5.71. The van der Waals surface area contributed by atoms with Gasteiger partial charge in [0.25, 0.3) is 0 Å². The molecule has 0 saturated carbocycles. The third-order valence-corrected chi connectivity index (χ3v) is 2.68. The van der Waals surface area contributed by atoms with E-state index < -0.39 is 7.80 Å². The fourth-order valence-electron chi connectivity index (χ4n) is 1.28. The highest BCUT2D eigenvalue weighted by Gasteiger charge is 2.17. The van der Waals surface area contributed by atoms with E-state index in [9.17, 15) is 4.57 Å². The first-order valence-corrected chi connectivity index (χ1v) is 6.03. The van der Waals surface area contributed by atoms with E-state index in [0.717, 1.165) is 12.6 Å². The number of nitrogens with two attached hydrogens (primary N) is 1. The summed E-state index contributed by atoms with van der Waals surface area (Å²) >= 11 is 0. The summed E-state index contributed by atoms with van der Waals surface area (Å²) in [5, 5.41) is 0. The Morgan fingerprint density at radius 1 is 1.45 bits per heavy atom. The smallest absolute Gasteiger partial charge is 0.330 e.